The zero-order chi connectivity index (χ0) is 18.2. The molecule has 26 heavy (non-hydrogen) atoms. The monoisotopic (exact) mass is 357 g/mol. The van der Waals surface area contributed by atoms with E-state index in [2.05, 4.69) is 32.0 Å². The summed E-state index contributed by atoms with van der Waals surface area (Å²) in [5, 5.41) is 15.0. The summed E-state index contributed by atoms with van der Waals surface area (Å²) in [5.41, 5.74) is 1.63. The van der Waals surface area contributed by atoms with Crippen LogP contribution in [-0.4, -0.2) is 15.9 Å². The van der Waals surface area contributed by atoms with E-state index in [1.54, 1.807) is 6.26 Å². The molecule has 3 heteroatoms. The van der Waals surface area contributed by atoms with E-state index in [1.165, 1.54) is 50.6 Å². The number of aliphatic hydroxyl groups is 1. The number of fused-ring (bicyclic) bond motifs is 5. The van der Waals surface area contributed by atoms with Crippen molar-refractivity contribution >= 4 is 0 Å². The van der Waals surface area contributed by atoms with Crippen LogP contribution in [0.5, 0.6) is 0 Å². The van der Waals surface area contributed by atoms with Crippen LogP contribution in [0.1, 0.15) is 90.2 Å². The van der Waals surface area contributed by atoms with Gasteiger partial charge in [-0.2, -0.15) is 0 Å². The Morgan fingerprint density at radius 1 is 0.962 bits per heavy atom. The second-order valence-corrected chi connectivity index (χ2v) is 11.0. The highest BCUT2D eigenvalue weighted by atomic mass is 16.5. The van der Waals surface area contributed by atoms with Crippen LogP contribution in [0, 0.1) is 34.5 Å². The smallest absolute Gasteiger partial charge is 0.124 e. The molecular formula is C23H35NO2. The van der Waals surface area contributed by atoms with Gasteiger partial charge in [-0.25, -0.2) is 0 Å². The average Bonchev–Trinajstić information content (AvgIpc) is 3.22. The van der Waals surface area contributed by atoms with E-state index in [4.69, 9.17) is 4.52 Å². The summed E-state index contributed by atoms with van der Waals surface area (Å²) < 4.78 is 5.19. The zero-order valence-corrected chi connectivity index (χ0v) is 16.7. The number of rotatable bonds is 1. The predicted octanol–water partition coefficient (Wildman–Crippen LogP) is 5.55. The van der Waals surface area contributed by atoms with Crippen LogP contribution in [0.4, 0.5) is 0 Å². The molecule has 4 unspecified atom stereocenters. The van der Waals surface area contributed by atoms with E-state index in [1.807, 2.05) is 0 Å². The molecule has 1 heterocycles. The van der Waals surface area contributed by atoms with Gasteiger partial charge in [-0.15, -0.1) is 0 Å². The Morgan fingerprint density at radius 3 is 2.54 bits per heavy atom. The number of hydrogen-bond acceptors (Lipinski definition) is 3. The molecule has 4 aliphatic carbocycles. The number of aromatic nitrogens is 1. The molecule has 1 aromatic heterocycles. The topological polar surface area (TPSA) is 46.3 Å². The Labute approximate surface area is 157 Å². The molecule has 1 N–H and O–H groups in total. The van der Waals surface area contributed by atoms with Crippen molar-refractivity contribution < 1.29 is 9.63 Å². The Bertz CT molecular complexity index is 668. The van der Waals surface area contributed by atoms with Crippen molar-refractivity contribution in [1.82, 2.24) is 5.16 Å². The van der Waals surface area contributed by atoms with Gasteiger partial charge in [0.15, 0.2) is 0 Å². The summed E-state index contributed by atoms with van der Waals surface area (Å²) >= 11 is 0. The minimum Gasteiger partial charge on any atom is -0.390 e. The Hall–Kier alpha value is -0.830. The van der Waals surface area contributed by atoms with Gasteiger partial charge in [0.1, 0.15) is 6.26 Å². The van der Waals surface area contributed by atoms with Crippen molar-refractivity contribution in [1.29, 1.82) is 0 Å². The molecule has 144 valence electrons. The Kier molecular flexibility index (Phi) is 3.72. The maximum absolute atomic E-state index is 10.6. The highest BCUT2D eigenvalue weighted by Gasteiger charge is 2.61. The summed E-state index contributed by atoms with van der Waals surface area (Å²) in [7, 11) is 0. The van der Waals surface area contributed by atoms with E-state index in [-0.39, 0.29) is 0 Å². The third kappa shape index (κ3) is 2.31. The molecule has 1 aromatic rings. The summed E-state index contributed by atoms with van der Waals surface area (Å²) in [6.45, 7) is 7.20. The molecule has 4 fully saturated rings. The van der Waals surface area contributed by atoms with Crippen LogP contribution in [0.15, 0.2) is 16.9 Å². The fraction of sp³-hybridized carbons (Fsp3) is 0.870. The summed E-state index contributed by atoms with van der Waals surface area (Å²) in [6.07, 6.45) is 13.1. The SMILES string of the molecule is C[C@@]1(O)CC[C@]2(C)C3CC[C@]4(C)C(c5ccon5)CCC4C3CC[C@H]2C1. The van der Waals surface area contributed by atoms with E-state index in [9.17, 15) is 5.11 Å². The second-order valence-electron chi connectivity index (χ2n) is 11.0. The molecule has 0 saturated heterocycles. The zero-order valence-electron chi connectivity index (χ0n) is 16.7. The van der Waals surface area contributed by atoms with E-state index in [0.717, 1.165) is 36.5 Å². The highest BCUT2D eigenvalue weighted by molar-refractivity contribution is 5.18. The third-order valence-electron chi connectivity index (χ3n) is 9.77. The molecule has 0 aliphatic heterocycles. The van der Waals surface area contributed by atoms with Crippen molar-refractivity contribution in [2.45, 2.75) is 90.1 Å². The standard InChI is InChI=1S/C23H35NO2/c1-21(25)11-12-22(2)15(14-21)4-5-16-17-6-7-19(20-9-13-26-24-20)23(17,3)10-8-18(16)22/h9,13,15-19,25H,4-8,10-12,14H2,1-3H3/t15-,16?,17?,18?,19?,21+,22-,23-/m0/s1. The minimum absolute atomic E-state index is 0.404. The maximum atomic E-state index is 10.6. The van der Waals surface area contributed by atoms with Crippen LogP contribution in [0.2, 0.25) is 0 Å². The third-order valence-corrected chi connectivity index (χ3v) is 9.77. The van der Waals surface area contributed by atoms with Crippen molar-refractivity contribution in [3.05, 3.63) is 18.0 Å². The van der Waals surface area contributed by atoms with E-state index in [0.29, 0.717) is 16.7 Å². The molecule has 3 nitrogen and oxygen atoms in total. The number of nitrogens with zero attached hydrogens (tertiary/aromatic N) is 1. The molecule has 5 rings (SSSR count). The molecule has 0 spiro atoms. The van der Waals surface area contributed by atoms with Gasteiger partial charge in [0.05, 0.1) is 11.3 Å². The molecule has 4 saturated carbocycles. The fourth-order valence-corrected chi connectivity index (χ4v) is 8.32. The lowest BCUT2D eigenvalue weighted by Crippen LogP contribution is -2.55. The first-order valence-corrected chi connectivity index (χ1v) is 11.0. The van der Waals surface area contributed by atoms with Crippen molar-refractivity contribution in [2.75, 3.05) is 0 Å². The van der Waals surface area contributed by atoms with Gasteiger partial charge in [0.2, 0.25) is 0 Å². The lowest BCUT2D eigenvalue weighted by atomic mass is 9.44. The maximum Gasteiger partial charge on any atom is 0.124 e. The predicted molar refractivity (Wildman–Crippen MR) is 102 cm³/mol. The molecule has 0 amide bonds. The van der Waals surface area contributed by atoms with Gasteiger partial charge in [-0.3, -0.25) is 0 Å². The van der Waals surface area contributed by atoms with Crippen LogP contribution >= 0.6 is 0 Å². The summed E-state index contributed by atoms with van der Waals surface area (Å²) in [5.74, 6) is 3.92. The summed E-state index contributed by atoms with van der Waals surface area (Å²) in [4.78, 5) is 0. The fourth-order valence-electron chi connectivity index (χ4n) is 8.32. The first kappa shape index (κ1) is 17.3. The summed E-state index contributed by atoms with van der Waals surface area (Å²) in [6, 6.07) is 2.10. The lowest BCUT2D eigenvalue weighted by molar-refractivity contribution is -0.143. The van der Waals surface area contributed by atoms with Gasteiger partial charge in [-0.1, -0.05) is 19.0 Å². The second kappa shape index (κ2) is 5.59. The first-order chi connectivity index (χ1) is 12.3. The minimum atomic E-state index is -0.425. The van der Waals surface area contributed by atoms with Gasteiger partial charge >= 0.3 is 0 Å². The highest BCUT2D eigenvalue weighted by Crippen LogP contribution is 2.69. The van der Waals surface area contributed by atoms with Gasteiger partial charge in [0.25, 0.3) is 0 Å². The molecule has 0 bridgehead atoms. The first-order valence-electron chi connectivity index (χ1n) is 11.0. The van der Waals surface area contributed by atoms with Crippen LogP contribution in [0.25, 0.3) is 0 Å². The molecule has 0 aromatic carbocycles. The van der Waals surface area contributed by atoms with Crippen LogP contribution < -0.4 is 0 Å². The lowest BCUT2D eigenvalue weighted by Gasteiger charge is -2.61. The van der Waals surface area contributed by atoms with E-state index >= 15 is 0 Å². The normalized spacial score (nSPS) is 53.6. The largest absolute Gasteiger partial charge is 0.390 e. The Morgan fingerprint density at radius 2 is 1.77 bits per heavy atom. The van der Waals surface area contributed by atoms with Gasteiger partial charge in [-0.05, 0) is 99.2 Å². The number of hydrogen-bond donors (Lipinski definition) is 1. The molecule has 8 atom stereocenters. The van der Waals surface area contributed by atoms with Gasteiger partial charge < -0.3 is 9.63 Å². The molecular weight excluding hydrogens is 322 g/mol. The van der Waals surface area contributed by atoms with Crippen molar-refractivity contribution in [2.24, 2.45) is 34.5 Å². The quantitative estimate of drug-likeness (QED) is 0.716. The van der Waals surface area contributed by atoms with Crippen LogP contribution in [-0.2, 0) is 0 Å². The Balaban J connectivity index is 1.43. The molecule has 4 aliphatic rings. The molecule has 0 radical (unpaired) electrons. The van der Waals surface area contributed by atoms with E-state index < -0.39 is 5.60 Å². The average molecular weight is 358 g/mol. The van der Waals surface area contributed by atoms with Crippen molar-refractivity contribution in [3.8, 4) is 0 Å². The van der Waals surface area contributed by atoms with Crippen LogP contribution in [0.3, 0.4) is 0 Å². The van der Waals surface area contributed by atoms with Gasteiger partial charge in [0, 0.05) is 12.0 Å². The van der Waals surface area contributed by atoms with Crippen molar-refractivity contribution in [3.63, 3.8) is 0 Å².